The molecule has 5 nitrogen and oxygen atoms in total. The molecule has 1 N–H and O–H groups in total. The van der Waals surface area contributed by atoms with Gasteiger partial charge in [-0.1, -0.05) is 36.4 Å². The number of methoxy groups -OCH3 is 2. The van der Waals surface area contributed by atoms with Crippen LogP contribution in [0.1, 0.15) is 5.56 Å². The van der Waals surface area contributed by atoms with Gasteiger partial charge in [-0.2, -0.15) is 0 Å². The number of anilines is 1. The molecule has 0 aliphatic heterocycles. The van der Waals surface area contributed by atoms with Gasteiger partial charge in [-0.3, -0.25) is 0 Å². The van der Waals surface area contributed by atoms with Crippen molar-refractivity contribution in [3.05, 3.63) is 65.9 Å². The van der Waals surface area contributed by atoms with Crippen LogP contribution in [0.15, 0.2) is 60.3 Å². The Balaban J connectivity index is 2.30. The Morgan fingerprint density at radius 3 is 2.25 bits per heavy atom. The molecule has 124 valence electrons. The number of hydrogen-bond acceptors (Lipinski definition) is 5. The second kappa shape index (κ2) is 7.97. The van der Waals surface area contributed by atoms with E-state index >= 15 is 0 Å². The normalized spacial score (nSPS) is 10.9. The highest BCUT2D eigenvalue weighted by molar-refractivity contribution is 5.98. The third-order valence-electron chi connectivity index (χ3n) is 3.47. The number of hydrogen-bond donors (Lipinski definition) is 1. The number of carbonyl (C=O) groups is 2. The van der Waals surface area contributed by atoms with Gasteiger partial charge in [0.2, 0.25) is 0 Å². The average molecular weight is 325 g/mol. The van der Waals surface area contributed by atoms with E-state index < -0.39 is 11.9 Å². The lowest BCUT2D eigenvalue weighted by Crippen LogP contribution is -2.16. The van der Waals surface area contributed by atoms with Crippen LogP contribution >= 0.6 is 0 Å². The molecule has 0 amide bonds. The molecule has 0 bridgehead atoms. The monoisotopic (exact) mass is 325 g/mol. The highest BCUT2D eigenvalue weighted by Gasteiger charge is 2.14. The summed E-state index contributed by atoms with van der Waals surface area (Å²) in [7, 11) is 2.49. The molecule has 0 aliphatic rings. The molecule has 2 aromatic carbocycles. The quantitative estimate of drug-likeness (QED) is 0.675. The Labute approximate surface area is 140 Å². The van der Waals surface area contributed by atoms with E-state index in [1.165, 1.54) is 14.2 Å². The smallest absolute Gasteiger partial charge is 0.354 e. The molecular formula is C19H19NO4. The maximum absolute atomic E-state index is 11.8. The third kappa shape index (κ3) is 4.23. The van der Waals surface area contributed by atoms with Crippen LogP contribution < -0.4 is 5.32 Å². The van der Waals surface area contributed by atoms with Crippen molar-refractivity contribution in [3.63, 3.8) is 0 Å². The van der Waals surface area contributed by atoms with E-state index in [-0.39, 0.29) is 5.70 Å². The second-order valence-electron chi connectivity index (χ2n) is 5.09. The number of aryl methyl sites for hydroxylation is 1. The summed E-state index contributed by atoms with van der Waals surface area (Å²) in [5.74, 6) is -1.28. The van der Waals surface area contributed by atoms with E-state index in [0.717, 1.165) is 22.8 Å². The van der Waals surface area contributed by atoms with E-state index in [4.69, 9.17) is 0 Å². The van der Waals surface area contributed by atoms with Crippen molar-refractivity contribution in [2.24, 2.45) is 0 Å². The van der Waals surface area contributed by atoms with Gasteiger partial charge in [-0.25, -0.2) is 9.59 Å². The van der Waals surface area contributed by atoms with Gasteiger partial charge in [-0.05, 0) is 35.7 Å². The minimum atomic E-state index is -0.646. The number of carbonyl (C=O) groups excluding carboxylic acids is 2. The van der Waals surface area contributed by atoms with E-state index in [0.29, 0.717) is 5.69 Å². The molecule has 0 saturated heterocycles. The van der Waals surface area contributed by atoms with Crippen LogP contribution in [0.5, 0.6) is 0 Å². The van der Waals surface area contributed by atoms with Gasteiger partial charge < -0.3 is 14.8 Å². The zero-order valence-corrected chi connectivity index (χ0v) is 13.8. The number of rotatable bonds is 5. The van der Waals surface area contributed by atoms with Crippen molar-refractivity contribution in [1.82, 2.24) is 0 Å². The fraction of sp³-hybridized carbons (Fsp3) is 0.158. The van der Waals surface area contributed by atoms with Gasteiger partial charge in [0.1, 0.15) is 5.70 Å². The molecule has 24 heavy (non-hydrogen) atoms. The molecule has 5 heteroatoms. The molecule has 0 atom stereocenters. The molecule has 0 unspecified atom stereocenters. The predicted molar refractivity (Wildman–Crippen MR) is 92.4 cm³/mol. The molecule has 2 rings (SSSR count). The zero-order valence-electron chi connectivity index (χ0n) is 13.8. The Morgan fingerprint density at radius 1 is 0.958 bits per heavy atom. The Kier molecular flexibility index (Phi) is 5.73. The second-order valence-corrected chi connectivity index (χ2v) is 5.09. The van der Waals surface area contributed by atoms with Crippen molar-refractivity contribution in [2.45, 2.75) is 6.92 Å². The minimum Gasteiger partial charge on any atom is -0.466 e. The summed E-state index contributed by atoms with van der Waals surface area (Å²) in [6.45, 7) is 1.92. The number of nitrogens with one attached hydrogen (secondary N) is 1. The molecule has 0 fully saturated rings. The summed E-state index contributed by atoms with van der Waals surface area (Å²) in [6, 6.07) is 15.8. The van der Waals surface area contributed by atoms with Gasteiger partial charge in [-0.15, -0.1) is 0 Å². The van der Waals surface area contributed by atoms with E-state index in [1.807, 2.05) is 55.5 Å². The largest absolute Gasteiger partial charge is 0.466 e. The summed E-state index contributed by atoms with van der Waals surface area (Å²) in [4.78, 5) is 23.2. The summed E-state index contributed by atoms with van der Waals surface area (Å²) < 4.78 is 9.24. The first-order chi connectivity index (χ1) is 11.5. The molecule has 0 heterocycles. The maximum atomic E-state index is 11.8. The van der Waals surface area contributed by atoms with Gasteiger partial charge in [0, 0.05) is 5.69 Å². The van der Waals surface area contributed by atoms with Crippen LogP contribution in [0.2, 0.25) is 0 Å². The van der Waals surface area contributed by atoms with Crippen LogP contribution in [0.25, 0.3) is 11.1 Å². The van der Waals surface area contributed by atoms with Crippen molar-refractivity contribution in [3.8, 4) is 11.1 Å². The van der Waals surface area contributed by atoms with Crippen molar-refractivity contribution >= 4 is 17.6 Å². The Bertz CT molecular complexity index is 766. The SMILES string of the molecule is COC(=O)/C=C(/Nc1ccc(-c2ccccc2)cc1C)C(=O)OC. The minimum absolute atomic E-state index is 0.0138. The highest BCUT2D eigenvalue weighted by Crippen LogP contribution is 2.25. The lowest BCUT2D eigenvalue weighted by Gasteiger charge is -2.13. The molecule has 0 aliphatic carbocycles. The predicted octanol–water partition coefficient (Wildman–Crippen LogP) is 3.30. The highest BCUT2D eigenvalue weighted by atomic mass is 16.5. The number of ether oxygens (including phenoxy) is 2. The maximum Gasteiger partial charge on any atom is 0.354 e. The van der Waals surface area contributed by atoms with Gasteiger partial charge in [0.15, 0.2) is 0 Å². The van der Waals surface area contributed by atoms with E-state index in [2.05, 4.69) is 14.8 Å². The van der Waals surface area contributed by atoms with Crippen molar-refractivity contribution < 1.29 is 19.1 Å². The van der Waals surface area contributed by atoms with Crippen LogP contribution in [-0.4, -0.2) is 26.2 Å². The Hall–Kier alpha value is -3.08. The summed E-state index contributed by atoms with van der Waals surface area (Å²) >= 11 is 0. The summed E-state index contributed by atoms with van der Waals surface area (Å²) in [5, 5.41) is 2.93. The first-order valence-corrected chi connectivity index (χ1v) is 7.36. The average Bonchev–Trinajstić information content (AvgIpc) is 2.62. The fourth-order valence-electron chi connectivity index (χ4n) is 2.19. The molecular weight excluding hydrogens is 306 g/mol. The number of esters is 2. The first kappa shape index (κ1) is 17.3. The van der Waals surface area contributed by atoms with Crippen LogP contribution in [0.3, 0.4) is 0 Å². The van der Waals surface area contributed by atoms with Gasteiger partial charge >= 0.3 is 11.9 Å². The Morgan fingerprint density at radius 2 is 1.67 bits per heavy atom. The fourth-order valence-corrected chi connectivity index (χ4v) is 2.19. The lowest BCUT2D eigenvalue weighted by atomic mass is 10.0. The first-order valence-electron chi connectivity index (χ1n) is 7.36. The van der Waals surface area contributed by atoms with Crippen LogP contribution in [-0.2, 0) is 19.1 Å². The van der Waals surface area contributed by atoms with Crippen LogP contribution in [0, 0.1) is 6.92 Å². The lowest BCUT2D eigenvalue weighted by molar-refractivity contribution is -0.138. The van der Waals surface area contributed by atoms with Crippen molar-refractivity contribution in [1.29, 1.82) is 0 Å². The molecule has 2 aromatic rings. The van der Waals surface area contributed by atoms with Crippen LogP contribution in [0.4, 0.5) is 5.69 Å². The zero-order chi connectivity index (χ0) is 17.5. The van der Waals surface area contributed by atoms with Gasteiger partial charge in [0.25, 0.3) is 0 Å². The third-order valence-corrected chi connectivity index (χ3v) is 3.47. The summed E-state index contributed by atoms with van der Waals surface area (Å²) in [5.41, 5.74) is 3.81. The van der Waals surface area contributed by atoms with Gasteiger partial charge in [0.05, 0.1) is 20.3 Å². The molecule has 0 saturated carbocycles. The van der Waals surface area contributed by atoms with E-state index in [9.17, 15) is 9.59 Å². The topological polar surface area (TPSA) is 64.6 Å². The van der Waals surface area contributed by atoms with E-state index in [1.54, 1.807) is 0 Å². The van der Waals surface area contributed by atoms with Crippen molar-refractivity contribution in [2.75, 3.05) is 19.5 Å². The molecule has 0 aromatic heterocycles. The number of benzene rings is 2. The standard InChI is InChI=1S/C19H19NO4/c1-13-11-15(14-7-5-4-6-8-14)9-10-16(13)20-17(19(22)24-3)12-18(21)23-2/h4-12,20H,1-3H3/b17-12+. The molecule has 0 radical (unpaired) electrons. The summed E-state index contributed by atoms with van der Waals surface area (Å²) in [6.07, 6.45) is 1.07. The molecule has 0 spiro atoms.